The van der Waals surface area contributed by atoms with Gasteiger partial charge in [0.2, 0.25) is 0 Å². The number of likely N-dealkylation sites (tertiary alicyclic amines) is 1. The van der Waals surface area contributed by atoms with Crippen molar-refractivity contribution in [1.29, 1.82) is 0 Å². The van der Waals surface area contributed by atoms with Crippen molar-refractivity contribution in [2.75, 3.05) is 31.3 Å². The molecule has 0 spiro atoms. The van der Waals surface area contributed by atoms with Gasteiger partial charge in [0.1, 0.15) is 5.67 Å². The van der Waals surface area contributed by atoms with Gasteiger partial charge in [0, 0.05) is 13.0 Å². The Morgan fingerprint density at radius 2 is 1.89 bits per heavy atom. The van der Waals surface area contributed by atoms with Crippen LogP contribution in [0.3, 0.4) is 0 Å². The van der Waals surface area contributed by atoms with Crippen molar-refractivity contribution in [2.45, 2.75) is 24.9 Å². The maximum atomic E-state index is 14.8. The molecular formula is C14H18F2N2. The van der Waals surface area contributed by atoms with Crippen LogP contribution >= 0.6 is 0 Å². The molecule has 0 amide bonds. The van der Waals surface area contributed by atoms with Gasteiger partial charge in [-0.15, -0.1) is 0 Å². The second-order valence-electron chi connectivity index (χ2n) is 5.46. The number of hydrogen-bond donors (Lipinski definition) is 0. The second-order valence-corrected chi connectivity index (χ2v) is 5.46. The van der Waals surface area contributed by atoms with E-state index in [0.717, 1.165) is 31.5 Å². The van der Waals surface area contributed by atoms with Crippen molar-refractivity contribution in [1.82, 2.24) is 4.90 Å². The summed E-state index contributed by atoms with van der Waals surface area (Å²) >= 11 is 0. The summed E-state index contributed by atoms with van der Waals surface area (Å²) in [6, 6.07) is 7.16. The highest BCUT2D eigenvalue weighted by molar-refractivity contribution is 5.54. The number of rotatable bonds is 2. The minimum absolute atomic E-state index is 0.152. The number of para-hydroxylation sites is 1. The van der Waals surface area contributed by atoms with Crippen LogP contribution in [0.4, 0.5) is 14.6 Å². The third-order valence-electron chi connectivity index (χ3n) is 3.89. The Morgan fingerprint density at radius 1 is 1.17 bits per heavy atom. The van der Waals surface area contributed by atoms with Crippen molar-refractivity contribution in [2.24, 2.45) is 0 Å². The zero-order valence-electron chi connectivity index (χ0n) is 10.4. The Labute approximate surface area is 106 Å². The number of nitrogens with zero attached hydrogens (tertiary/aromatic N) is 2. The summed E-state index contributed by atoms with van der Waals surface area (Å²) in [5, 5.41) is 0.564. The number of anilines is 1. The fourth-order valence-electron chi connectivity index (χ4n) is 3.08. The highest BCUT2D eigenvalue weighted by atomic mass is 19.2. The van der Waals surface area contributed by atoms with Gasteiger partial charge in [-0.1, -0.05) is 22.7 Å². The quantitative estimate of drug-likeness (QED) is 0.747. The van der Waals surface area contributed by atoms with Crippen LogP contribution in [0.1, 0.15) is 18.4 Å². The molecule has 1 fully saturated rings. The van der Waals surface area contributed by atoms with E-state index in [0.29, 0.717) is 23.8 Å². The van der Waals surface area contributed by atoms with E-state index >= 15 is 0 Å². The molecule has 18 heavy (non-hydrogen) atoms. The summed E-state index contributed by atoms with van der Waals surface area (Å²) < 4.78 is 28.8. The molecule has 2 heterocycles. The summed E-state index contributed by atoms with van der Waals surface area (Å²) in [5.74, 6) is 0. The fraction of sp³-hybridized carbons (Fsp3) is 0.571. The van der Waals surface area contributed by atoms with Crippen LogP contribution < -0.4 is 5.12 Å². The highest BCUT2D eigenvalue weighted by Crippen LogP contribution is 2.35. The van der Waals surface area contributed by atoms with E-state index in [4.69, 9.17) is 0 Å². The highest BCUT2D eigenvalue weighted by Gasteiger charge is 2.40. The largest absolute Gasteiger partial charge is 0.300 e. The average Bonchev–Trinajstić information content (AvgIpc) is 2.81. The Balaban J connectivity index is 1.79. The van der Waals surface area contributed by atoms with Crippen LogP contribution in [0.15, 0.2) is 24.3 Å². The molecule has 2 nitrogen and oxygen atoms in total. The SMILES string of the molecule is FN1CC(F)(CN2CCCC2)Cc2ccccc21. The number of alkyl halides is 1. The summed E-state index contributed by atoms with van der Waals surface area (Å²) in [6.07, 6.45) is 2.58. The smallest absolute Gasteiger partial charge is 0.147 e. The Hall–Kier alpha value is -1.16. The topological polar surface area (TPSA) is 6.48 Å². The lowest BCUT2D eigenvalue weighted by molar-refractivity contribution is 0.0922. The minimum atomic E-state index is -1.46. The first-order valence-corrected chi connectivity index (χ1v) is 6.59. The number of hydrogen-bond acceptors (Lipinski definition) is 2. The van der Waals surface area contributed by atoms with Crippen LogP contribution in [0.5, 0.6) is 0 Å². The molecule has 98 valence electrons. The second kappa shape index (κ2) is 4.50. The van der Waals surface area contributed by atoms with Gasteiger partial charge in [0.15, 0.2) is 0 Å². The molecule has 1 aromatic rings. The predicted octanol–water partition coefficient (Wildman–Crippen LogP) is 2.74. The first kappa shape index (κ1) is 11.9. The standard InChI is InChI=1S/C14H18F2N2/c15-14(10-17-7-3-4-8-17)9-12-5-1-2-6-13(12)18(16)11-14/h1-2,5-6H,3-4,7-11H2. The number of fused-ring (bicyclic) bond motifs is 1. The fourth-order valence-corrected chi connectivity index (χ4v) is 3.08. The van der Waals surface area contributed by atoms with E-state index in [2.05, 4.69) is 4.90 Å². The molecule has 0 saturated carbocycles. The number of benzene rings is 1. The molecule has 0 aromatic heterocycles. The lowest BCUT2D eigenvalue weighted by Gasteiger charge is -2.37. The first-order valence-electron chi connectivity index (χ1n) is 6.59. The van der Waals surface area contributed by atoms with Gasteiger partial charge >= 0.3 is 0 Å². The van der Waals surface area contributed by atoms with Crippen LogP contribution in [-0.2, 0) is 6.42 Å². The molecule has 1 aromatic carbocycles. The molecule has 1 saturated heterocycles. The zero-order chi connectivity index (χ0) is 12.6. The van der Waals surface area contributed by atoms with Crippen molar-refractivity contribution in [3.63, 3.8) is 0 Å². The van der Waals surface area contributed by atoms with E-state index in [1.54, 1.807) is 12.1 Å². The van der Waals surface area contributed by atoms with Gasteiger partial charge < -0.3 is 4.90 Å². The molecular weight excluding hydrogens is 234 g/mol. The average molecular weight is 252 g/mol. The van der Waals surface area contributed by atoms with Crippen LogP contribution in [-0.4, -0.2) is 36.7 Å². The molecule has 2 aliphatic rings. The van der Waals surface area contributed by atoms with Gasteiger partial charge in [-0.2, -0.15) is 0 Å². The molecule has 0 radical (unpaired) electrons. The molecule has 4 heteroatoms. The molecule has 1 atom stereocenters. The van der Waals surface area contributed by atoms with Gasteiger partial charge in [0.25, 0.3) is 0 Å². The van der Waals surface area contributed by atoms with E-state index in [1.165, 1.54) is 0 Å². The molecule has 1 unspecified atom stereocenters. The number of halogens is 2. The summed E-state index contributed by atoms with van der Waals surface area (Å²) in [5.41, 5.74) is -0.173. The lowest BCUT2D eigenvalue weighted by atomic mass is 9.90. The minimum Gasteiger partial charge on any atom is -0.300 e. The van der Waals surface area contributed by atoms with Gasteiger partial charge in [-0.05, 0) is 37.6 Å². The summed E-state index contributed by atoms with van der Waals surface area (Å²) in [7, 11) is 0. The Morgan fingerprint density at radius 3 is 2.67 bits per heavy atom. The van der Waals surface area contributed by atoms with E-state index < -0.39 is 5.67 Å². The monoisotopic (exact) mass is 252 g/mol. The first-order chi connectivity index (χ1) is 8.66. The molecule has 3 rings (SSSR count). The van der Waals surface area contributed by atoms with Crippen molar-refractivity contribution in [3.05, 3.63) is 29.8 Å². The molecule has 2 aliphatic heterocycles. The van der Waals surface area contributed by atoms with E-state index in [-0.39, 0.29) is 6.54 Å². The van der Waals surface area contributed by atoms with Crippen molar-refractivity contribution in [3.8, 4) is 0 Å². The van der Waals surface area contributed by atoms with E-state index in [1.807, 2.05) is 12.1 Å². The van der Waals surface area contributed by atoms with Crippen LogP contribution in [0.25, 0.3) is 0 Å². The van der Waals surface area contributed by atoms with Crippen molar-refractivity contribution >= 4 is 5.69 Å². The van der Waals surface area contributed by atoms with Gasteiger partial charge in [0.05, 0.1) is 12.2 Å². The van der Waals surface area contributed by atoms with Gasteiger partial charge in [-0.3, -0.25) is 0 Å². The molecule has 0 N–H and O–H groups in total. The maximum absolute atomic E-state index is 14.8. The van der Waals surface area contributed by atoms with E-state index in [9.17, 15) is 8.87 Å². The van der Waals surface area contributed by atoms with Gasteiger partial charge in [-0.25, -0.2) is 9.51 Å². The van der Waals surface area contributed by atoms with Crippen LogP contribution in [0.2, 0.25) is 0 Å². The predicted molar refractivity (Wildman–Crippen MR) is 68.1 cm³/mol. The lowest BCUT2D eigenvalue weighted by Crippen LogP contribution is -2.49. The molecule has 0 aliphatic carbocycles. The maximum Gasteiger partial charge on any atom is 0.147 e. The Kier molecular flexibility index (Phi) is 2.98. The van der Waals surface area contributed by atoms with Crippen molar-refractivity contribution < 1.29 is 8.87 Å². The third-order valence-corrected chi connectivity index (χ3v) is 3.89. The molecule has 0 bridgehead atoms. The zero-order valence-corrected chi connectivity index (χ0v) is 10.4. The Bertz CT molecular complexity index is 432. The summed E-state index contributed by atoms with van der Waals surface area (Å²) in [6.45, 7) is 2.08. The van der Waals surface area contributed by atoms with Crippen LogP contribution in [0, 0.1) is 0 Å². The summed E-state index contributed by atoms with van der Waals surface area (Å²) in [4.78, 5) is 2.11. The third kappa shape index (κ3) is 2.21. The normalized spacial score (nSPS) is 28.4.